The highest BCUT2D eigenvalue weighted by Gasteiger charge is 2.22. The van der Waals surface area contributed by atoms with E-state index in [-0.39, 0.29) is 6.54 Å². The van der Waals surface area contributed by atoms with Gasteiger partial charge in [-0.25, -0.2) is 13.4 Å². The lowest BCUT2D eigenvalue weighted by Crippen LogP contribution is -2.37. The van der Waals surface area contributed by atoms with Gasteiger partial charge in [-0.2, -0.15) is 0 Å². The van der Waals surface area contributed by atoms with E-state index in [1.165, 1.54) is 5.56 Å². The number of benzene rings is 4. The molecular formula is C27H23N3O3S2. The van der Waals surface area contributed by atoms with Crippen LogP contribution in [0.3, 0.4) is 0 Å². The van der Waals surface area contributed by atoms with Crippen molar-refractivity contribution in [1.82, 2.24) is 4.98 Å². The number of carbonyl (C=O) groups is 1. The number of amides is 1. The van der Waals surface area contributed by atoms with E-state index >= 15 is 0 Å². The molecule has 6 nitrogen and oxygen atoms in total. The van der Waals surface area contributed by atoms with Crippen LogP contribution in [0, 0.1) is 6.92 Å². The van der Waals surface area contributed by atoms with Crippen LogP contribution in [0.5, 0.6) is 0 Å². The number of sulfonamides is 1. The summed E-state index contributed by atoms with van der Waals surface area (Å²) in [6.07, 6.45) is 1.11. The molecule has 0 atom stereocenters. The summed E-state index contributed by atoms with van der Waals surface area (Å²) in [6, 6.07) is 26.5. The second-order valence-corrected chi connectivity index (χ2v) is 11.3. The maximum absolute atomic E-state index is 12.9. The van der Waals surface area contributed by atoms with Crippen molar-refractivity contribution in [3.05, 3.63) is 90.5 Å². The van der Waals surface area contributed by atoms with E-state index in [0.717, 1.165) is 42.1 Å². The Morgan fingerprint density at radius 3 is 2.49 bits per heavy atom. The predicted octanol–water partition coefficient (Wildman–Crippen LogP) is 5.83. The number of hydrogen-bond acceptors (Lipinski definition) is 5. The molecule has 0 aliphatic carbocycles. The first kappa shape index (κ1) is 23.0. The van der Waals surface area contributed by atoms with E-state index < -0.39 is 15.9 Å². The third-order valence-electron chi connectivity index (χ3n) is 5.68. The topological polar surface area (TPSA) is 79.4 Å². The number of nitrogens with zero attached hydrogens (tertiary/aromatic N) is 2. The van der Waals surface area contributed by atoms with Crippen LogP contribution in [0.25, 0.3) is 31.6 Å². The van der Waals surface area contributed by atoms with E-state index in [4.69, 9.17) is 4.98 Å². The van der Waals surface area contributed by atoms with Crippen molar-refractivity contribution in [2.24, 2.45) is 0 Å². The number of rotatable bonds is 6. The van der Waals surface area contributed by atoms with E-state index in [1.54, 1.807) is 35.6 Å². The minimum Gasteiger partial charge on any atom is -0.325 e. The number of aryl methyl sites for hydroxylation is 1. The minimum atomic E-state index is -3.69. The summed E-state index contributed by atoms with van der Waals surface area (Å²) < 4.78 is 27.5. The van der Waals surface area contributed by atoms with Crippen molar-refractivity contribution in [2.45, 2.75) is 6.92 Å². The van der Waals surface area contributed by atoms with Gasteiger partial charge in [0.25, 0.3) is 0 Å². The third-order valence-corrected chi connectivity index (χ3v) is 7.88. The van der Waals surface area contributed by atoms with Gasteiger partial charge in [0, 0.05) is 16.6 Å². The van der Waals surface area contributed by atoms with E-state index in [9.17, 15) is 13.2 Å². The molecule has 35 heavy (non-hydrogen) atoms. The molecule has 1 heterocycles. The Balaban J connectivity index is 1.35. The lowest BCUT2D eigenvalue weighted by atomic mass is 10.1. The van der Waals surface area contributed by atoms with Crippen LogP contribution in [0.4, 0.5) is 11.4 Å². The van der Waals surface area contributed by atoms with E-state index in [0.29, 0.717) is 11.4 Å². The molecule has 0 bridgehead atoms. The molecule has 1 N–H and O–H groups in total. The summed E-state index contributed by atoms with van der Waals surface area (Å²) in [5.74, 6) is -0.424. The minimum absolute atomic E-state index is 0.328. The second-order valence-electron chi connectivity index (χ2n) is 8.38. The van der Waals surface area contributed by atoms with Gasteiger partial charge in [-0.15, -0.1) is 11.3 Å². The van der Waals surface area contributed by atoms with Crippen molar-refractivity contribution in [2.75, 3.05) is 22.4 Å². The first-order chi connectivity index (χ1) is 16.8. The first-order valence-electron chi connectivity index (χ1n) is 11.0. The van der Waals surface area contributed by atoms with Gasteiger partial charge in [-0.3, -0.25) is 9.10 Å². The summed E-state index contributed by atoms with van der Waals surface area (Å²) in [5, 5.41) is 5.39. The fourth-order valence-electron chi connectivity index (χ4n) is 3.99. The fraction of sp³-hybridized carbons (Fsp3) is 0.111. The summed E-state index contributed by atoms with van der Waals surface area (Å²) in [5.41, 5.74) is 4.17. The molecule has 0 unspecified atom stereocenters. The zero-order chi connectivity index (χ0) is 24.6. The normalized spacial score (nSPS) is 11.6. The van der Waals surface area contributed by atoms with Crippen LogP contribution in [-0.2, 0) is 14.8 Å². The largest absolute Gasteiger partial charge is 0.325 e. The van der Waals surface area contributed by atoms with Crippen LogP contribution in [0.1, 0.15) is 5.56 Å². The quantitative estimate of drug-likeness (QED) is 0.318. The van der Waals surface area contributed by atoms with Crippen LogP contribution in [0.15, 0.2) is 84.9 Å². The van der Waals surface area contributed by atoms with Gasteiger partial charge in [0.15, 0.2) is 0 Å². The Kier molecular flexibility index (Phi) is 6.00. The summed E-state index contributed by atoms with van der Waals surface area (Å²) in [6.45, 7) is 1.73. The highest BCUT2D eigenvalue weighted by molar-refractivity contribution is 7.92. The molecule has 5 rings (SSSR count). The average molecular weight is 502 g/mol. The van der Waals surface area contributed by atoms with Crippen LogP contribution in [-0.4, -0.2) is 32.1 Å². The Morgan fingerprint density at radius 2 is 1.71 bits per heavy atom. The summed E-state index contributed by atoms with van der Waals surface area (Å²) in [7, 11) is -3.69. The number of thiazole rings is 1. The first-order valence-corrected chi connectivity index (χ1v) is 13.7. The molecule has 0 aliphatic heterocycles. The molecule has 5 aromatic rings. The zero-order valence-corrected chi connectivity index (χ0v) is 20.9. The Hall–Kier alpha value is -3.75. The van der Waals surface area contributed by atoms with Gasteiger partial charge in [-0.05, 0) is 60.3 Å². The summed E-state index contributed by atoms with van der Waals surface area (Å²) in [4.78, 5) is 17.6. The molecule has 1 amide bonds. The van der Waals surface area contributed by atoms with Crippen molar-refractivity contribution >= 4 is 59.6 Å². The standard InChI is InChI=1S/C27H23N3O3S2/c1-18-10-15-23-25(16-18)34-27(29-23)20-11-13-21(14-12-20)28-26(31)17-30(35(2,32)33)24-9-5-7-19-6-3-4-8-22(19)24/h3-16H,17H2,1-2H3,(H,28,31). The lowest BCUT2D eigenvalue weighted by Gasteiger charge is -2.23. The van der Waals surface area contributed by atoms with E-state index in [2.05, 4.69) is 18.3 Å². The zero-order valence-electron chi connectivity index (χ0n) is 19.2. The molecular weight excluding hydrogens is 478 g/mol. The Morgan fingerprint density at radius 1 is 0.971 bits per heavy atom. The predicted molar refractivity (Wildman–Crippen MR) is 145 cm³/mol. The molecule has 176 valence electrons. The van der Waals surface area contributed by atoms with Gasteiger partial charge in [0.2, 0.25) is 15.9 Å². The van der Waals surface area contributed by atoms with Crippen LogP contribution in [0.2, 0.25) is 0 Å². The van der Waals surface area contributed by atoms with Gasteiger partial charge in [-0.1, -0.05) is 42.5 Å². The monoisotopic (exact) mass is 501 g/mol. The molecule has 8 heteroatoms. The molecule has 0 aliphatic rings. The van der Waals surface area contributed by atoms with Crippen LogP contribution >= 0.6 is 11.3 Å². The van der Waals surface area contributed by atoms with Crippen molar-refractivity contribution in [3.8, 4) is 10.6 Å². The molecule has 4 aromatic carbocycles. The van der Waals surface area contributed by atoms with Gasteiger partial charge in [0.1, 0.15) is 11.6 Å². The highest BCUT2D eigenvalue weighted by atomic mass is 32.2. The molecule has 0 radical (unpaired) electrons. The second kappa shape index (κ2) is 9.13. The highest BCUT2D eigenvalue weighted by Crippen LogP contribution is 2.32. The third kappa shape index (κ3) is 4.89. The van der Waals surface area contributed by atoms with Crippen LogP contribution < -0.4 is 9.62 Å². The number of aromatic nitrogens is 1. The van der Waals surface area contributed by atoms with Crippen molar-refractivity contribution in [1.29, 1.82) is 0 Å². The average Bonchev–Trinajstić information content (AvgIpc) is 3.25. The number of carbonyl (C=O) groups excluding carboxylic acids is 1. The maximum atomic E-state index is 12.9. The maximum Gasteiger partial charge on any atom is 0.245 e. The molecule has 0 spiro atoms. The molecule has 0 saturated carbocycles. The number of nitrogens with one attached hydrogen (secondary N) is 1. The number of anilines is 2. The Bertz CT molecular complexity index is 1650. The van der Waals surface area contributed by atoms with E-state index in [1.807, 2.05) is 54.6 Å². The number of hydrogen-bond donors (Lipinski definition) is 1. The molecule has 0 fully saturated rings. The molecule has 0 saturated heterocycles. The van der Waals surface area contributed by atoms with Gasteiger partial charge in [0.05, 0.1) is 22.2 Å². The smallest absolute Gasteiger partial charge is 0.245 e. The SMILES string of the molecule is Cc1ccc2nc(-c3ccc(NC(=O)CN(c4cccc5ccccc45)S(C)(=O)=O)cc3)sc2c1. The fourth-order valence-corrected chi connectivity index (χ4v) is 5.93. The summed E-state index contributed by atoms with van der Waals surface area (Å²) >= 11 is 1.62. The Labute approximate surface area is 207 Å². The lowest BCUT2D eigenvalue weighted by molar-refractivity contribution is -0.114. The van der Waals surface area contributed by atoms with Gasteiger partial charge >= 0.3 is 0 Å². The molecule has 1 aromatic heterocycles. The van der Waals surface area contributed by atoms with Gasteiger partial charge < -0.3 is 5.32 Å². The number of fused-ring (bicyclic) bond motifs is 2. The van der Waals surface area contributed by atoms with Crippen molar-refractivity contribution in [3.63, 3.8) is 0 Å². The van der Waals surface area contributed by atoms with Crippen molar-refractivity contribution < 1.29 is 13.2 Å².